The van der Waals surface area contributed by atoms with Crippen LogP contribution in [0.15, 0.2) is 27.1 Å². The van der Waals surface area contributed by atoms with Crippen molar-refractivity contribution < 1.29 is 4.39 Å². The van der Waals surface area contributed by atoms with E-state index < -0.39 is 0 Å². The van der Waals surface area contributed by atoms with E-state index in [2.05, 4.69) is 41.8 Å². The van der Waals surface area contributed by atoms with Gasteiger partial charge in [0.1, 0.15) is 11.0 Å². The summed E-state index contributed by atoms with van der Waals surface area (Å²) < 4.78 is 14.9. The van der Waals surface area contributed by atoms with Gasteiger partial charge < -0.3 is 0 Å². The molecule has 1 aliphatic rings. The molecule has 0 aliphatic heterocycles. The first-order chi connectivity index (χ1) is 10.1. The summed E-state index contributed by atoms with van der Waals surface area (Å²) >= 11 is 12.8. The molecular weight excluding hydrogens is 422 g/mol. The minimum atomic E-state index is -0.336. The van der Waals surface area contributed by atoms with E-state index in [1.165, 1.54) is 18.9 Å². The summed E-state index contributed by atoms with van der Waals surface area (Å²) in [6, 6.07) is 4.85. The van der Waals surface area contributed by atoms with Crippen LogP contribution in [0.4, 0.5) is 4.39 Å². The summed E-state index contributed by atoms with van der Waals surface area (Å²) in [5.74, 6) is 0.535. The van der Waals surface area contributed by atoms with E-state index in [4.69, 9.17) is 11.6 Å². The van der Waals surface area contributed by atoms with Crippen molar-refractivity contribution >= 4 is 43.5 Å². The van der Waals surface area contributed by atoms with Gasteiger partial charge in [0, 0.05) is 11.5 Å². The maximum atomic E-state index is 13.7. The minimum absolute atomic E-state index is 0.336. The largest absolute Gasteiger partial charge is 0.231 e. The lowest BCUT2D eigenvalue weighted by molar-refractivity contribution is 0.621. The summed E-state index contributed by atoms with van der Waals surface area (Å²) in [5, 5.41) is 0.380. The van der Waals surface area contributed by atoms with E-state index in [1.54, 1.807) is 12.1 Å². The average molecular weight is 435 g/mol. The number of nitrogens with zero attached hydrogens (tertiary/aromatic N) is 2. The lowest BCUT2D eigenvalue weighted by atomic mass is 10.0. The molecule has 0 N–H and O–H groups in total. The number of rotatable bonds is 2. The molecule has 2 aromatic rings. The van der Waals surface area contributed by atoms with Crippen LogP contribution < -0.4 is 0 Å². The highest BCUT2D eigenvalue weighted by molar-refractivity contribution is 9.10. The SMILES string of the molecule is Fc1cc(-c2nc(Cl)c(Br)c(C3CCCC3)n2)ccc1Br. The number of halogens is 4. The highest BCUT2D eigenvalue weighted by Crippen LogP contribution is 2.39. The van der Waals surface area contributed by atoms with Crippen LogP contribution in [0.3, 0.4) is 0 Å². The first kappa shape index (κ1) is 15.4. The Hall–Kier alpha value is -0.520. The summed E-state index contributed by atoms with van der Waals surface area (Å²) in [6.07, 6.45) is 4.64. The van der Waals surface area contributed by atoms with E-state index in [1.807, 2.05) is 0 Å². The molecule has 0 spiro atoms. The highest BCUT2D eigenvalue weighted by atomic mass is 79.9. The highest BCUT2D eigenvalue weighted by Gasteiger charge is 2.24. The fraction of sp³-hybridized carbons (Fsp3) is 0.333. The Morgan fingerprint density at radius 1 is 1.14 bits per heavy atom. The van der Waals surface area contributed by atoms with Crippen LogP contribution in [0, 0.1) is 5.82 Å². The molecule has 1 saturated carbocycles. The molecule has 110 valence electrons. The molecule has 2 nitrogen and oxygen atoms in total. The third-order valence-electron chi connectivity index (χ3n) is 3.76. The van der Waals surface area contributed by atoms with Crippen molar-refractivity contribution in [2.45, 2.75) is 31.6 Å². The van der Waals surface area contributed by atoms with E-state index in [9.17, 15) is 4.39 Å². The summed E-state index contributed by atoms with van der Waals surface area (Å²) in [7, 11) is 0. The van der Waals surface area contributed by atoms with Crippen LogP contribution >= 0.6 is 43.5 Å². The monoisotopic (exact) mass is 432 g/mol. The molecule has 0 unspecified atom stereocenters. The van der Waals surface area contributed by atoms with Crippen molar-refractivity contribution in [1.82, 2.24) is 9.97 Å². The van der Waals surface area contributed by atoms with E-state index in [-0.39, 0.29) is 5.82 Å². The lowest BCUT2D eigenvalue weighted by Gasteiger charge is -2.13. The van der Waals surface area contributed by atoms with Crippen molar-refractivity contribution in [3.63, 3.8) is 0 Å². The fourth-order valence-electron chi connectivity index (χ4n) is 2.67. The minimum Gasteiger partial charge on any atom is -0.231 e. The van der Waals surface area contributed by atoms with Gasteiger partial charge in [-0.15, -0.1) is 0 Å². The standard InChI is InChI=1S/C15H12Br2ClFN2/c16-10-6-5-9(7-11(10)19)15-20-13(8-3-1-2-4-8)12(17)14(18)21-15/h5-8H,1-4H2. The predicted molar refractivity (Wildman–Crippen MR) is 89.0 cm³/mol. The quantitative estimate of drug-likeness (QED) is 0.532. The zero-order chi connectivity index (χ0) is 15.0. The van der Waals surface area contributed by atoms with Crippen LogP contribution in [-0.4, -0.2) is 9.97 Å². The molecule has 1 aromatic heterocycles. The predicted octanol–water partition coefficient (Wildman–Crippen LogP) is 6.12. The van der Waals surface area contributed by atoms with Crippen molar-refractivity contribution in [1.29, 1.82) is 0 Å². The smallest absolute Gasteiger partial charge is 0.161 e. The van der Waals surface area contributed by atoms with Gasteiger partial charge in [-0.3, -0.25) is 0 Å². The second kappa shape index (κ2) is 6.31. The lowest BCUT2D eigenvalue weighted by Crippen LogP contribution is -2.03. The van der Waals surface area contributed by atoms with Crippen LogP contribution in [0.2, 0.25) is 5.15 Å². The van der Waals surface area contributed by atoms with Gasteiger partial charge in [0.15, 0.2) is 5.82 Å². The summed E-state index contributed by atoms with van der Waals surface area (Å²) in [5.41, 5.74) is 1.56. The van der Waals surface area contributed by atoms with E-state index in [0.717, 1.165) is 23.0 Å². The molecular formula is C15H12Br2ClFN2. The van der Waals surface area contributed by atoms with Crippen LogP contribution in [0.1, 0.15) is 37.3 Å². The Morgan fingerprint density at radius 3 is 2.52 bits per heavy atom. The number of hydrogen-bond donors (Lipinski definition) is 0. The number of hydrogen-bond acceptors (Lipinski definition) is 2. The molecule has 0 atom stereocenters. The summed E-state index contributed by atoms with van der Waals surface area (Å²) in [4.78, 5) is 8.90. The Labute approximate surface area is 144 Å². The molecule has 6 heteroatoms. The molecule has 0 saturated heterocycles. The van der Waals surface area contributed by atoms with Crippen molar-refractivity contribution in [2.75, 3.05) is 0 Å². The van der Waals surface area contributed by atoms with Crippen molar-refractivity contribution in [3.05, 3.63) is 43.8 Å². The third kappa shape index (κ3) is 3.15. The molecule has 0 bridgehead atoms. The van der Waals surface area contributed by atoms with Gasteiger partial charge in [0.05, 0.1) is 14.6 Å². The topological polar surface area (TPSA) is 25.8 Å². The van der Waals surface area contributed by atoms with Gasteiger partial charge in [-0.25, -0.2) is 14.4 Å². The molecule has 1 aromatic carbocycles. The van der Waals surface area contributed by atoms with Crippen LogP contribution in [0.5, 0.6) is 0 Å². The molecule has 0 radical (unpaired) electrons. The number of aromatic nitrogens is 2. The zero-order valence-electron chi connectivity index (χ0n) is 11.0. The van der Waals surface area contributed by atoms with Crippen LogP contribution in [0.25, 0.3) is 11.4 Å². The second-order valence-electron chi connectivity index (χ2n) is 5.15. The Morgan fingerprint density at radius 2 is 1.86 bits per heavy atom. The zero-order valence-corrected chi connectivity index (χ0v) is 15.0. The van der Waals surface area contributed by atoms with Gasteiger partial charge in [0.25, 0.3) is 0 Å². The second-order valence-corrected chi connectivity index (χ2v) is 7.15. The van der Waals surface area contributed by atoms with Crippen molar-refractivity contribution in [3.8, 4) is 11.4 Å². The maximum Gasteiger partial charge on any atom is 0.161 e. The Bertz CT molecular complexity index is 688. The van der Waals surface area contributed by atoms with Crippen molar-refractivity contribution in [2.24, 2.45) is 0 Å². The first-order valence-corrected chi connectivity index (χ1v) is 8.71. The van der Waals surface area contributed by atoms with Gasteiger partial charge >= 0.3 is 0 Å². The maximum absolute atomic E-state index is 13.7. The Kier molecular flexibility index (Phi) is 4.62. The van der Waals surface area contributed by atoms with E-state index >= 15 is 0 Å². The van der Waals surface area contributed by atoms with Gasteiger partial charge in [-0.1, -0.05) is 24.4 Å². The average Bonchev–Trinajstić information content (AvgIpc) is 2.98. The van der Waals surface area contributed by atoms with Gasteiger partial charge in [0.2, 0.25) is 0 Å². The molecule has 21 heavy (non-hydrogen) atoms. The van der Waals surface area contributed by atoms with Gasteiger partial charge in [-0.05, 0) is 62.9 Å². The normalized spacial score (nSPS) is 15.6. The number of benzene rings is 1. The first-order valence-electron chi connectivity index (χ1n) is 6.74. The third-order valence-corrected chi connectivity index (χ3v) is 5.68. The van der Waals surface area contributed by atoms with Gasteiger partial charge in [-0.2, -0.15) is 0 Å². The molecule has 3 rings (SSSR count). The van der Waals surface area contributed by atoms with Crippen LogP contribution in [-0.2, 0) is 0 Å². The molecule has 1 heterocycles. The molecule has 1 aliphatic carbocycles. The Balaban J connectivity index is 2.08. The molecule has 1 fully saturated rings. The summed E-state index contributed by atoms with van der Waals surface area (Å²) in [6.45, 7) is 0. The molecule has 0 amide bonds. The van der Waals surface area contributed by atoms with E-state index in [0.29, 0.717) is 26.9 Å². The fourth-order valence-corrected chi connectivity index (χ4v) is 3.59.